The first-order valence-corrected chi connectivity index (χ1v) is 12.6. The van der Waals surface area contributed by atoms with Gasteiger partial charge in [0.1, 0.15) is 17.3 Å². The molecule has 3 amide bonds. The number of carbonyl (C=O) groups excluding carboxylic acids is 2. The Hall–Kier alpha value is -3.63. The van der Waals surface area contributed by atoms with E-state index < -0.39 is 11.9 Å². The van der Waals surface area contributed by atoms with E-state index in [1.807, 2.05) is 30.3 Å². The Morgan fingerprint density at radius 2 is 1.97 bits per heavy atom. The molecule has 186 valence electrons. The Bertz CT molecular complexity index is 1370. The lowest BCUT2D eigenvalue weighted by molar-refractivity contribution is -0.115. The number of amides is 3. The van der Waals surface area contributed by atoms with Gasteiger partial charge in [-0.3, -0.25) is 10.1 Å². The lowest BCUT2D eigenvalue weighted by Gasteiger charge is -2.24. The van der Waals surface area contributed by atoms with Gasteiger partial charge >= 0.3 is 6.03 Å². The molecule has 3 fully saturated rings. The zero-order valence-corrected chi connectivity index (χ0v) is 20.4. The summed E-state index contributed by atoms with van der Waals surface area (Å²) in [5.74, 6) is 0.919. The van der Waals surface area contributed by atoms with Gasteiger partial charge in [0.05, 0.1) is 6.20 Å². The van der Waals surface area contributed by atoms with Gasteiger partial charge < -0.3 is 20.9 Å². The lowest BCUT2D eigenvalue weighted by atomic mass is 10.1. The number of imide groups is 1. The van der Waals surface area contributed by atoms with Gasteiger partial charge in [-0.15, -0.1) is 0 Å². The molecule has 4 heterocycles. The fourth-order valence-electron chi connectivity index (χ4n) is 4.88. The van der Waals surface area contributed by atoms with E-state index in [4.69, 9.17) is 16.6 Å². The van der Waals surface area contributed by atoms with Gasteiger partial charge in [-0.2, -0.15) is 9.61 Å². The van der Waals surface area contributed by atoms with Crippen molar-refractivity contribution < 1.29 is 9.59 Å². The van der Waals surface area contributed by atoms with E-state index in [0.29, 0.717) is 22.1 Å². The molecule has 0 unspecified atom stereocenters. The second-order valence-electron chi connectivity index (χ2n) is 9.80. The third kappa shape index (κ3) is 4.74. The highest BCUT2D eigenvalue weighted by Gasteiger charge is 2.44. The summed E-state index contributed by atoms with van der Waals surface area (Å²) in [6.45, 7) is 4.34. The van der Waals surface area contributed by atoms with Crippen LogP contribution in [0, 0.1) is 5.41 Å². The number of rotatable bonds is 8. The monoisotopic (exact) mass is 506 g/mol. The molecule has 2 saturated heterocycles. The maximum atomic E-state index is 12.1. The summed E-state index contributed by atoms with van der Waals surface area (Å²) in [6, 6.07) is 8.80. The highest BCUT2D eigenvalue weighted by Crippen LogP contribution is 2.46. The molecule has 10 nitrogen and oxygen atoms in total. The van der Waals surface area contributed by atoms with Gasteiger partial charge in [-0.25, -0.2) is 9.78 Å². The molecule has 3 aliphatic rings. The molecule has 3 aromatic rings. The van der Waals surface area contributed by atoms with E-state index >= 15 is 0 Å². The Balaban J connectivity index is 1.32. The number of carbonyl (C=O) groups is 2. The van der Waals surface area contributed by atoms with Crippen LogP contribution in [0.2, 0.25) is 5.02 Å². The number of nitrogens with one attached hydrogen (secondary N) is 4. The number of hydrogen-bond acceptors (Lipinski definition) is 7. The normalized spacial score (nSPS) is 20.1. The van der Waals surface area contributed by atoms with Crippen LogP contribution in [0.15, 0.2) is 42.2 Å². The van der Waals surface area contributed by atoms with Crippen molar-refractivity contribution in [3.8, 4) is 0 Å². The average Bonchev–Trinajstić information content (AvgIpc) is 3.12. The fourth-order valence-corrected chi connectivity index (χ4v) is 5.07. The van der Waals surface area contributed by atoms with E-state index in [2.05, 4.69) is 31.3 Å². The number of halogens is 1. The summed E-state index contributed by atoms with van der Waals surface area (Å²) in [4.78, 5) is 30.9. The summed E-state index contributed by atoms with van der Waals surface area (Å²) >= 11 is 6.17. The quantitative estimate of drug-likeness (QED) is 0.272. The van der Waals surface area contributed by atoms with Crippen molar-refractivity contribution in [1.82, 2.24) is 30.1 Å². The molecule has 1 saturated carbocycles. The minimum atomic E-state index is -0.547. The Kier molecular flexibility index (Phi) is 5.77. The number of fused-ring (bicyclic) bond motifs is 1. The molecule has 4 N–H and O–H groups in total. The third-order valence-electron chi connectivity index (χ3n) is 6.98. The standard InChI is InChI=1S/C25H27ClN8O2/c26-17-4-3-5-18(11-17)29-20-12-21(27-14-25(6-7-25)15-33-8-1-2-9-33)34-22(31-20)16(13-28-34)10-19-23(35)32-24(36)30-19/h3-5,10-13,27H,1-2,6-9,14-15H2,(H,29,31)(H2,30,32,35,36)/b19-10-. The van der Waals surface area contributed by atoms with Crippen molar-refractivity contribution in [2.24, 2.45) is 5.41 Å². The molecule has 1 aliphatic carbocycles. The van der Waals surface area contributed by atoms with Gasteiger partial charge in [0.15, 0.2) is 5.65 Å². The van der Waals surface area contributed by atoms with Crippen LogP contribution >= 0.6 is 11.6 Å². The van der Waals surface area contributed by atoms with E-state index in [9.17, 15) is 9.59 Å². The fraction of sp³-hybridized carbons (Fsp3) is 0.360. The predicted octanol–water partition coefficient (Wildman–Crippen LogP) is 3.59. The Morgan fingerprint density at radius 3 is 2.69 bits per heavy atom. The van der Waals surface area contributed by atoms with E-state index in [1.165, 1.54) is 38.8 Å². The number of benzene rings is 1. The van der Waals surface area contributed by atoms with Crippen LogP contribution in [-0.4, -0.2) is 57.6 Å². The van der Waals surface area contributed by atoms with E-state index in [0.717, 1.165) is 24.6 Å². The zero-order valence-electron chi connectivity index (χ0n) is 19.7. The summed E-state index contributed by atoms with van der Waals surface area (Å²) in [5.41, 5.74) is 2.40. The molecule has 2 aromatic heterocycles. The molecular formula is C25H27ClN8O2. The molecule has 11 heteroatoms. The van der Waals surface area contributed by atoms with Crippen molar-refractivity contribution >= 4 is 52.6 Å². The van der Waals surface area contributed by atoms with Crippen LogP contribution in [-0.2, 0) is 4.79 Å². The molecular weight excluding hydrogens is 480 g/mol. The van der Waals surface area contributed by atoms with Crippen LogP contribution in [0.3, 0.4) is 0 Å². The van der Waals surface area contributed by atoms with Crippen LogP contribution < -0.4 is 21.3 Å². The Labute approximate surface area is 213 Å². The van der Waals surface area contributed by atoms with Crippen molar-refractivity contribution in [3.05, 3.63) is 52.8 Å². The van der Waals surface area contributed by atoms with Gasteiger partial charge in [0, 0.05) is 40.8 Å². The first kappa shape index (κ1) is 22.8. The number of nitrogens with zero attached hydrogens (tertiary/aromatic N) is 4. The van der Waals surface area contributed by atoms with Crippen molar-refractivity contribution in [3.63, 3.8) is 0 Å². The van der Waals surface area contributed by atoms with Crippen molar-refractivity contribution in [2.45, 2.75) is 25.7 Å². The average molecular weight is 507 g/mol. The van der Waals surface area contributed by atoms with E-state index in [-0.39, 0.29) is 11.1 Å². The van der Waals surface area contributed by atoms with Crippen LogP contribution in [0.5, 0.6) is 0 Å². The zero-order chi connectivity index (χ0) is 24.7. The van der Waals surface area contributed by atoms with Gasteiger partial charge in [0.2, 0.25) is 0 Å². The van der Waals surface area contributed by atoms with Gasteiger partial charge in [-0.05, 0) is 63.0 Å². The van der Waals surface area contributed by atoms with Crippen LogP contribution in [0.1, 0.15) is 31.2 Å². The highest BCUT2D eigenvalue weighted by atomic mass is 35.5. The molecule has 0 bridgehead atoms. The molecule has 36 heavy (non-hydrogen) atoms. The predicted molar refractivity (Wildman–Crippen MR) is 138 cm³/mol. The first-order chi connectivity index (χ1) is 17.5. The second kappa shape index (κ2) is 9.11. The number of anilines is 3. The molecule has 2 aliphatic heterocycles. The second-order valence-corrected chi connectivity index (χ2v) is 10.2. The van der Waals surface area contributed by atoms with Crippen molar-refractivity contribution in [2.75, 3.05) is 36.8 Å². The maximum Gasteiger partial charge on any atom is 0.326 e. The highest BCUT2D eigenvalue weighted by molar-refractivity contribution is 6.30. The molecule has 0 atom stereocenters. The van der Waals surface area contributed by atoms with Gasteiger partial charge in [0.25, 0.3) is 5.91 Å². The molecule has 1 aromatic carbocycles. The summed E-state index contributed by atoms with van der Waals surface area (Å²) < 4.78 is 1.73. The topological polar surface area (TPSA) is 116 Å². The minimum absolute atomic E-state index is 0.155. The smallest absolute Gasteiger partial charge is 0.326 e. The Morgan fingerprint density at radius 1 is 1.14 bits per heavy atom. The summed E-state index contributed by atoms with van der Waals surface area (Å²) in [7, 11) is 0. The number of aromatic nitrogens is 3. The maximum absolute atomic E-state index is 12.1. The number of hydrogen-bond donors (Lipinski definition) is 4. The van der Waals surface area contributed by atoms with Crippen molar-refractivity contribution in [1.29, 1.82) is 0 Å². The summed E-state index contributed by atoms with van der Waals surface area (Å²) in [5, 5.41) is 16.8. The number of urea groups is 1. The third-order valence-corrected chi connectivity index (χ3v) is 7.21. The van der Waals surface area contributed by atoms with Crippen LogP contribution in [0.25, 0.3) is 11.7 Å². The molecule has 0 radical (unpaired) electrons. The molecule has 0 spiro atoms. The van der Waals surface area contributed by atoms with E-state index in [1.54, 1.807) is 16.8 Å². The number of likely N-dealkylation sites (tertiary alicyclic amines) is 1. The first-order valence-electron chi connectivity index (χ1n) is 12.2. The van der Waals surface area contributed by atoms with Crippen LogP contribution in [0.4, 0.5) is 22.1 Å². The summed E-state index contributed by atoms with van der Waals surface area (Å²) in [6.07, 6.45) is 8.22. The minimum Gasteiger partial charge on any atom is -0.369 e. The SMILES string of the molecule is O=C1NC(=O)/C(=C/c2cnn3c(NCC4(CN5CCCC5)CC4)cc(Nc4cccc(Cl)c4)nc23)N1. The van der Waals surface area contributed by atoms with Gasteiger partial charge in [-0.1, -0.05) is 17.7 Å². The lowest BCUT2D eigenvalue weighted by Crippen LogP contribution is -2.32. The largest absolute Gasteiger partial charge is 0.369 e. The molecule has 6 rings (SSSR count).